The second-order valence-electron chi connectivity index (χ2n) is 5.81. The average Bonchev–Trinajstić information content (AvgIpc) is 3.30. The maximum absolute atomic E-state index is 4.64. The molecule has 4 heterocycles. The van der Waals surface area contributed by atoms with Crippen LogP contribution in [-0.4, -0.2) is 36.4 Å². The molecule has 1 aliphatic rings. The van der Waals surface area contributed by atoms with Crippen LogP contribution in [0.3, 0.4) is 0 Å². The summed E-state index contributed by atoms with van der Waals surface area (Å²) >= 11 is 1.64. The fourth-order valence-corrected chi connectivity index (χ4v) is 3.71. The molecule has 1 aliphatic heterocycles. The van der Waals surface area contributed by atoms with Gasteiger partial charge < -0.3 is 4.98 Å². The second-order valence-corrected chi connectivity index (χ2v) is 6.53. The molecule has 4 rings (SSSR count). The van der Waals surface area contributed by atoms with E-state index in [2.05, 4.69) is 35.2 Å². The van der Waals surface area contributed by atoms with Crippen LogP contribution in [0.4, 0.5) is 0 Å². The Balaban J connectivity index is 1.66. The van der Waals surface area contributed by atoms with Crippen molar-refractivity contribution in [3.63, 3.8) is 0 Å². The second kappa shape index (κ2) is 6.17. The van der Waals surface area contributed by atoms with Gasteiger partial charge in [0.25, 0.3) is 0 Å². The average molecular weight is 326 g/mol. The van der Waals surface area contributed by atoms with Crippen molar-refractivity contribution in [2.24, 2.45) is 0 Å². The highest BCUT2D eigenvalue weighted by Gasteiger charge is 2.30. The molecule has 3 aromatic rings. The molecule has 1 N–H and O–H groups in total. The molecule has 118 valence electrons. The van der Waals surface area contributed by atoms with Gasteiger partial charge in [0.15, 0.2) is 5.82 Å². The van der Waals surface area contributed by atoms with Crippen LogP contribution in [0.15, 0.2) is 29.5 Å². The van der Waals surface area contributed by atoms with Crippen molar-refractivity contribution in [1.82, 2.24) is 29.8 Å². The predicted molar refractivity (Wildman–Crippen MR) is 88.8 cm³/mol. The fraction of sp³-hybridized carbons (Fsp3) is 0.375. The first-order valence-electron chi connectivity index (χ1n) is 7.75. The molecule has 6 nitrogen and oxygen atoms in total. The van der Waals surface area contributed by atoms with Gasteiger partial charge in [0.2, 0.25) is 0 Å². The summed E-state index contributed by atoms with van der Waals surface area (Å²) in [6.07, 6.45) is 7.59. The summed E-state index contributed by atoms with van der Waals surface area (Å²) < 4.78 is 0. The Bertz CT molecular complexity index is 781. The van der Waals surface area contributed by atoms with E-state index in [1.807, 2.05) is 18.6 Å². The summed E-state index contributed by atoms with van der Waals surface area (Å²) in [5.41, 5.74) is 5.91. The Morgan fingerprint density at radius 1 is 1.26 bits per heavy atom. The van der Waals surface area contributed by atoms with Gasteiger partial charge in [0.1, 0.15) is 5.69 Å². The van der Waals surface area contributed by atoms with Crippen molar-refractivity contribution in [1.29, 1.82) is 0 Å². The van der Waals surface area contributed by atoms with Gasteiger partial charge in [0, 0.05) is 36.2 Å². The molecule has 0 spiro atoms. The number of thiazole rings is 1. The molecule has 1 fully saturated rings. The topological polar surface area (TPSA) is 70.6 Å². The van der Waals surface area contributed by atoms with Gasteiger partial charge in [-0.05, 0) is 26.3 Å². The Labute approximate surface area is 138 Å². The number of aromatic amines is 1. The van der Waals surface area contributed by atoms with Gasteiger partial charge in [-0.3, -0.25) is 9.88 Å². The van der Waals surface area contributed by atoms with Crippen LogP contribution in [0.25, 0.3) is 11.5 Å². The van der Waals surface area contributed by atoms with Crippen LogP contribution in [0.2, 0.25) is 0 Å². The van der Waals surface area contributed by atoms with Gasteiger partial charge in [-0.15, -0.1) is 11.3 Å². The summed E-state index contributed by atoms with van der Waals surface area (Å²) in [7, 11) is 0. The van der Waals surface area contributed by atoms with Crippen LogP contribution in [0.5, 0.6) is 0 Å². The quantitative estimate of drug-likeness (QED) is 0.798. The van der Waals surface area contributed by atoms with E-state index < -0.39 is 0 Å². The Hall–Kier alpha value is -2.12. The lowest BCUT2D eigenvalue weighted by molar-refractivity contribution is 0.242. The molecule has 1 saturated heterocycles. The minimum Gasteiger partial charge on any atom is -0.341 e. The summed E-state index contributed by atoms with van der Waals surface area (Å²) in [4.78, 5) is 23.7. The monoisotopic (exact) mass is 326 g/mol. The van der Waals surface area contributed by atoms with Crippen LogP contribution in [-0.2, 0) is 6.54 Å². The summed E-state index contributed by atoms with van der Waals surface area (Å²) in [5.74, 6) is 0.797. The standard InChI is InChI=1S/C16H18N6S/c1-11-7-19-16(21-11)15-14(17-4-5-18-15)13-3-2-6-22(13)8-12-9-23-10-20-12/h4-5,7,9-10,13H,2-3,6,8H2,1H3,(H,19,21)/t13-/m0/s1. The summed E-state index contributed by atoms with van der Waals surface area (Å²) in [6.45, 7) is 3.92. The summed E-state index contributed by atoms with van der Waals surface area (Å²) in [5, 5.41) is 2.11. The lowest BCUT2D eigenvalue weighted by atomic mass is 10.1. The number of aryl methyl sites for hydroxylation is 1. The smallest absolute Gasteiger partial charge is 0.158 e. The SMILES string of the molecule is Cc1cnc(-c2nccnc2[C@@H]2CCCN2Cc2cscn2)[nH]1. The third-order valence-electron chi connectivity index (χ3n) is 4.18. The number of H-pyrrole nitrogens is 1. The van der Waals surface area contributed by atoms with Gasteiger partial charge >= 0.3 is 0 Å². The lowest BCUT2D eigenvalue weighted by Crippen LogP contribution is -2.24. The van der Waals surface area contributed by atoms with E-state index in [4.69, 9.17) is 0 Å². The van der Waals surface area contributed by atoms with Crippen molar-refractivity contribution in [2.45, 2.75) is 32.4 Å². The van der Waals surface area contributed by atoms with Crippen molar-refractivity contribution >= 4 is 11.3 Å². The van der Waals surface area contributed by atoms with E-state index in [0.29, 0.717) is 0 Å². The molecule has 0 bridgehead atoms. The molecule has 7 heteroatoms. The zero-order valence-electron chi connectivity index (χ0n) is 12.9. The Morgan fingerprint density at radius 2 is 2.17 bits per heavy atom. The number of likely N-dealkylation sites (tertiary alicyclic amines) is 1. The number of nitrogens with one attached hydrogen (secondary N) is 1. The molecule has 0 saturated carbocycles. The first-order chi connectivity index (χ1) is 11.3. The molecule has 23 heavy (non-hydrogen) atoms. The third-order valence-corrected chi connectivity index (χ3v) is 4.82. The highest BCUT2D eigenvalue weighted by molar-refractivity contribution is 7.07. The van der Waals surface area contributed by atoms with Crippen molar-refractivity contribution in [3.8, 4) is 11.5 Å². The fourth-order valence-electron chi connectivity index (χ4n) is 3.16. The van der Waals surface area contributed by atoms with Crippen LogP contribution >= 0.6 is 11.3 Å². The van der Waals surface area contributed by atoms with Gasteiger partial charge in [-0.2, -0.15) is 0 Å². The maximum atomic E-state index is 4.64. The van der Waals surface area contributed by atoms with E-state index in [1.54, 1.807) is 23.7 Å². The first-order valence-corrected chi connectivity index (χ1v) is 8.69. The van der Waals surface area contributed by atoms with Crippen molar-refractivity contribution in [3.05, 3.63) is 46.6 Å². The molecule has 0 radical (unpaired) electrons. The van der Waals surface area contributed by atoms with E-state index in [-0.39, 0.29) is 6.04 Å². The van der Waals surface area contributed by atoms with E-state index in [9.17, 15) is 0 Å². The van der Waals surface area contributed by atoms with Crippen LogP contribution in [0, 0.1) is 6.92 Å². The third kappa shape index (κ3) is 2.89. The first kappa shape index (κ1) is 14.5. The number of nitrogens with zero attached hydrogens (tertiary/aromatic N) is 5. The van der Waals surface area contributed by atoms with Crippen LogP contribution in [0.1, 0.15) is 36.0 Å². The van der Waals surface area contributed by atoms with Crippen LogP contribution < -0.4 is 0 Å². The molecule has 1 atom stereocenters. The summed E-state index contributed by atoms with van der Waals surface area (Å²) in [6, 6.07) is 0.269. The minimum absolute atomic E-state index is 0.269. The zero-order valence-corrected chi connectivity index (χ0v) is 13.8. The predicted octanol–water partition coefficient (Wildman–Crippen LogP) is 2.97. The zero-order chi connectivity index (χ0) is 15.6. The molecular weight excluding hydrogens is 308 g/mol. The van der Waals surface area contributed by atoms with Crippen molar-refractivity contribution in [2.75, 3.05) is 6.54 Å². The van der Waals surface area contributed by atoms with E-state index in [1.165, 1.54) is 6.42 Å². The molecule has 0 aromatic carbocycles. The lowest BCUT2D eigenvalue weighted by Gasteiger charge is -2.24. The Kier molecular flexibility index (Phi) is 3.88. The van der Waals surface area contributed by atoms with Gasteiger partial charge in [-0.25, -0.2) is 15.0 Å². The molecule has 0 unspecified atom stereocenters. The number of aromatic nitrogens is 5. The maximum Gasteiger partial charge on any atom is 0.158 e. The molecule has 3 aromatic heterocycles. The van der Waals surface area contributed by atoms with E-state index in [0.717, 1.165) is 48.1 Å². The Morgan fingerprint density at radius 3 is 2.96 bits per heavy atom. The highest BCUT2D eigenvalue weighted by atomic mass is 32.1. The number of imidazole rings is 1. The number of hydrogen-bond donors (Lipinski definition) is 1. The molecule has 0 amide bonds. The number of rotatable bonds is 4. The minimum atomic E-state index is 0.269. The molecule has 0 aliphatic carbocycles. The van der Waals surface area contributed by atoms with Gasteiger partial charge in [0.05, 0.1) is 22.9 Å². The number of hydrogen-bond acceptors (Lipinski definition) is 6. The highest BCUT2D eigenvalue weighted by Crippen LogP contribution is 2.35. The molecular formula is C16H18N6S. The van der Waals surface area contributed by atoms with Crippen molar-refractivity contribution < 1.29 is 0 Å². The largest absolute Gasteiger partial charge is 0.341 e. The van der Waals surface area contributed by atoms with Gasteiger partial charge in [-0.1, -0.05) is 0 Å². The normalized spacial score (nSPS) is 18.6. The van der Waals surface area contributed by atoms with E-state index >= 15 is 0 Å².